The summed E-state index contributed by atoms with van der Waals surface area (Å²) in [5.41, 5.74) is 1.26. The van der Waals surface area contributed by atoms with E-state index in [1.807, 2.05) is 0 Å². The molecule has 6 heteroatoms. The Morgan fingerprint density at radius 3 is 2.89 bits per heavy atom. The molecule has 3 rings (SSSR count). The van der Waals surface area contributed by atoms with Gasteiger partial charge in [-0.25, -0.2) is 14.2 Å². The van der Waals surface area contributed by atoms with Gasteiger partial charge in [-0.2, -0.15) is 0 Å². The fraction of sp³-hybridized carbons (Fsp3) is 0. The molecule has 0 amide bonds. The number of pyridine rings is 1. The van der Waals surface area contributed by atoms with Crippen molar-refractivity contribution in [2.24, 2.45) is 0 Å². The van der Waals surface area contributed by atoms with Crippen LogP contribution in [0.25, 0.3) is 16.7 Å². The highest BCUT2D eigenvalue weighted by Crippen LogP contribution is 2.17. The van der Waals surface area contributed by atoms with E-state index < -0.39 is 5.82 Å². The van der Waals surface area contributed by atoms with Gasteiger partial charge in [0.2, 0.25) is 0 Å². The molecule has 0 aliphatic rings. The first kappa shape index (κ1) is 11.0. The Bertz CT molecular complexity index is 793. The summed E-state index contributed by atoms with van der Waals surface area (Å²) in [4.78, 5) is 18.3. The summed E-state index contributed by atoms with van der Waals surface area (Å²) in [5.74, 6) is -0.399. The summed E-state index contributed by atoms with van der Waals surface area (Å²) in [6, 6.07) is 7.34. The topological polar surface area (TPSA) is 50.7 Å². The summed E-state index contributed by atoms with van der Waals surface area (Å²) < 4.78 is 14.5. The van der Waals surface area contributed by atoms with E-state index in [9.17, 15) is 9.18 Å². The van der Waals surface area contributed by atoms with Gasteiger partial charge in [0.1, 0.15) is 11.0 Å². The van der Waals surface area contributed by atoms with E-state index in [1.54, 1.807) is 12.1 Å². The molecule has 18 heavy (non-hydrogen) atoms. The third-order valence-electron chi connectivity index (χ3n) is 2.61. The van der Waals surface area contributed by atoms with E-state index in [1.165, 1.54) is 29.0 Å². The molecule has 3 aromatic rings. The number of hydrogen-bond acceptors (Lipinski definition) is 2. The minimum absolute atomic E-state index is 0.288. The first-order valence-corrected chi connectivity index (χ1v) is 5.55. The van der Waals surface area contributed by atoms with E-state index in [0.29, 0.717) is 16.7 Å². The van der Waals surface area contributed by atoms with E-state index >= 15 is 0 Å². The van der Waals surface area contributed by atoms with Crippen molar-refractivity contribution in [2.75, 3.05) is 0 Å². The Morgan fingerprint density at radius 1 is 1.28 bits per heavy atom. The van der Waals surface area contributed by atoms with Gasteiger partial charge in [-0.05, 0) is 30.3 Å². The average Bonchev–Trinajstić information content (AvgIpc) is 2.64. The van der Waals surface area contributed by atoms with Gasteiger partial charge in [0.15, 0.2) is 0 Å². The Kier molecular flexibility index (Phi) is 2.41. The summed E-state index contributed by atoms with van der Waals surface area (Å²) in [7, 11) is 0. The van der Waals surface area contributed by atoms with Crippen LogP contribution in [0.15, 0.2) is 41.3 Å². The van der Waals surface area contributed by atoms with E-state index in [4.69, 9.17) is 11.6 Å². The Labute approximate surface area is 106 Å². The maximum absolute atomic E-state index is 13.1. The number of H-pyrrole nitrogens is 1. The lowest BCUT2D eigenvalue weighted by Gasteiger charge is -2.02. The Morgan fingerprint density at radius 2 is 2.11 bits per heavy atom. The second kappa shape index (κ2) is 3.96. The zero-order valence-electron chi connectivity index (χ0n) is 9.02. The van der Waals surface area contributed by atoms with Gasteiger partial charge >= 0.3 is 5.69 Å². The van der Waals surface area contributed by atoms with Crippen LogP contribution in [0.5, 0.6) is 0 Å². The van der Waals surface area contributed by atoms with Gasteiger partial charge < -0.3 is 4.98 Å². The first-order valence-electron chi connectivity index (χ1n) is 5.17. The second-order valence-electron chi connectivity index (χ2n) is 3.76. The van der Waals surface area contributed by atoms with Crippen LogP contribution in [0, 0.1) is 5.82 Å². The number of imidazole rings is 1. The number of nitrogens with one attached hydrogen (secondary N) is 1. The quantitative estimate of drug-likeness (QED) is 0.686. The molecule has 0 bridgehead atoms. The maximum Gasteiger partial charge on any atom is 0.331 e. The molecule has 0 saturated heterocycles. The van der Waals surface area contributed by atoms with Crippen LogP contribution < -0.4 is 5.69 Å². The molecule has 0 radical (unpaired) electrons. The highest BCUT2D eigenvalue weighted by Gasteiger charge is 2.09. The van der Waals surface area contributed by atoms with Crippen molar-refractivity contribution in [2.45, 2.75) is 0 Å². The van der Waals surface area contributed by atoms with Gasteiger partial charge in [0, 0.05) is 6.20 Å². The number of halogens is 2. The number of nitrogens with zero attached hydrogens (tertiary/aromatic N) is 2. The van der Waals surface area contributed by atoms with Crippen LogP contribution in [-0.4, -0.2) is 14.5 Å². The van der Waals surface area contributed by atoms with Gasteiger partial charge in [0.25, 0.3) is 0 Å². The fourth-order valence-corrected chi connectivity index (χ4v) is 2.04. The molecular weight excluding hydrogens is 257 g/mol. The standard InChI is InChI=1S/C12H7ClFN3O/c13-11-6-8(3-4-15-11)17-10-2-1-7(14)5-9(10)16-12(17)18/h1-6H,(H,16,18). The van der Waals surface area contributed by atoms with Gasteiger partial charge in [-0.15, -0.1) is 0 Å². The van der Waals surface area contributed by atoms with Gasteiger partial charge in [0.05, 0.1) is 16.7 Å². The second-order valence-corrected chi connectivity index (χ2v) is 4.15. The van der Waals surface area contributed by atoms with Crippen molar-refractivity contribution < 1.29 is 4.39 Å². The molecule has 0 unspecified atom stereocenters. The molecule has 0 spiro atoms. The number of benzene rings is 1. The average molecular weight is 264 g/mol. The number of fused-ring (bicyclic) bond motifs is 1. The van der Waals surface area contributed by atoms with Crippen LogP contribution in [0.1, 0.15) is 0 Å². The highest BCUT2D eigenvalue weighted by molar-refractivity contribution is 6.29. The fourth-order valence-electron chi connectivity index (χ4n) is 1.87. The van der Waals surface area contributed by atoms with E-state index in [0.717, 1.165) is 0 Å². The van der Waals surface area contributed by atoms with Crippen LogP contribution >= 0.6 is 11.6 Å². The Balaban J connectivity index is 2.35. The first-order chi connectivity index (χ1) is 8.65. The molecule has 0 aliphatic heterocycles. The predicted octanol–water partition coefficient (Wildman–Crippen LogP) is 2.51. The van der Waals surface area contributed by atoms with E-state index in [-0.39, 0.29) is 10.8 Å². The Hall–Kier alpha value is -2.14. The molecule has 1 N–H and O–H groups in total. The molecule has 0 atom stereocenters. The molecule has 2 heterocycles. The lowest BCUT2D eigenvalue weighted by molar-refractivity contribution is 0.629. The maximum atomic E-state index is 13.1. The SMILES string of the molecule is O=c1[nH]c2cc(F)ccc2n1-c1ccnc(Cl)c1. The largest absolute Gasteiger partial charge is 0.331 e. The molecule has 4 nitrogen and oxygen atoms in total. The molecule has 0 aliphatic carbocycles. The van der Waals surface area contributed by atoms with Gasteiger partial charge in [-0.3, -0.25) is 4.57 Å². The lowest BCUT2D eigenvalue weighted by atomic mass is 10.3. The molecular formula is C12H7ClFN3O. The lowest BCUT2D eigenvalue weighted by Crippen LogP contribution is -2.14. The highest BCUT2D eigenvalue weighted by atomic mass is 35.5. The molecule has 90 valence electrons. The third-order valence-corrected chi connectivity index (χ3v) is 2.82. The predicted molar refractivity (Wildman–Crippen MR) is 66.7 cm³/mol. The molecule has 2 aromatic heterocycles. The van der Waals surface area contributed by atoms with E-state index in [2.05, 4.69) is 9.97 Å². The summed E-state index contributed by atoms with van der Waals surface area (Å²) >= 11 is 5.79. The third kappa shape index (κ3) is 1.69. The monoisotopic (exact) mass is 263 g/mol. The van der Waals surface area contributed by atoms with Crippen LogP contribution in [0.2, 0.25) is 5.15 Å². The summed E-state index contributed by atoms with van der Waals surface area (Å²) in [5, 5.41) is 0.288. The van der Waals surface area contributed by atoms with Crippen molar-refractivity contribution in [3.63, 3.8) is 0 Å². The van der Waals surface area contributed by atoms with Crippen molar-refractivity contribution in [3.8, 4) is 5.69 Å². The summed E-state index contributed by atoms with van der Waals surface area (Å²) in [6.45, 7) is 0. The van der Waals surface area contributed by atoms with Crippen molar-refractivity contribution in [1.29, 1.82) is 0 Å². The minimum atomic E-state index is -0.399. The smallest absolute Gasteiger partial charge is 0.305 e. The molecule has 1 aromatic carbocycles. The zero-order chi connectivity index (χ0) is 12.7. The van der Waals surface area contributed by atoms with Crippen molar-refractivity contribution in [3.05, 3.63) is 58.0 Å². The van der Waals surface area contributed by atoms with Gasteiger partial charge in [-0.1, -0.05) is 11.6 Å². The summed E-state index contributed by atoms with van der Waals surface area (Å²) in [6.07, 6.45) is 1.51. The van der Waals surface area contributed by atoms with Crippen LogP contribution in [0.4, 0.5) is 4.39 Å². The van der Waals surface area contributed by atoms with Crippen molar-refractivity contribution >= 4 is 22.6 Å². The normalized spacial score (nSPS) is 11.0. The van der Waals surface area contributed by atoms with Crippen LogP contribution in [-0.2, 0) is 0 Å². The van der Waals surface area contributed by atoms with Crippen LogP contribution in [0.3, 0.4) is 0 Å². The molecule has 0 fully saturated rings. The number of hydrogen-bond donors (Lipinski definition) is 1. The number of rotatable bonds is 1. The zero-order valence-corrected chi connectivity index (χ0v) is 9.78. The van der Waals surface area contributed by atoms with Crippen molar-refractivity contribution in [1.82, 2.24) is 14.5 Å². The minimum Gasteiger partial charge on any atom is -0.305 e. The number of aromatic amines is 1. The molecule has 0 saturated carbocycles. The number of aromatic nitrogens is 3.